The number of thiophene rings is 1. The largest absolute Gasteiger partial charge is 0.484 e. The molecule has 3 aromatic rings. The maximum Gasteiger partial charge on any atom is 0.346 e. The van der Waals surface area contributed by atoms with E-state index in [0.29, 0.717) is 18.8 Å². The second-order valence-electron chi connectivity index (χ2n) is 6.86. The van der Waals surface area contributed by atoms with Gasteiger partial charge in [-0.1, -0.05) is 18.2 Å². The van der Waals surface area contributed by atoms with Crippen LogP contribution in [0.3, 0.4) is 0 Å². The lowest BCUT2D eigenvalue weighted by molar-refractivity contribution is -0.123. The number of ether oxygens (including phenoxy) is 1. The van der Waals surface area contributed by atoms with Gasteiger partial charge in [-0.2, -0.15) is 0 Å². The van der Waals surface area contributed by atoms with Crippen LogP contribution < -0.4 is 15.7 Å². The van der Waals surface area contributed by atoms with E-state index in [9.17, 15) is 9.59 Å². The number of benzene rings is 1. The lowest BCUT2D eigenvalue weighted by atomic mass is 10.2. The van der Waals surface area contributed by atoms with E-state index in [1.807, 2.05) is 48.7 Å². The number of aromatic nitrogens is 3. The van der Waals surface area contributed by atoms with Crippen LogP contribution in [0.1, 0.15) is 24.4 Å². The van der Waals surface area contributed by atoms with Gasteiger partial charge in [0.05, 0.1) is 11.4 Å². The van der Waals surface area contributed by atoms with Gasteiger partial charge in [-0.25, -0.2) is 9.48 Å². The summed E-state index contributed by atoms with van der Waals surface area (Å²) >= 11 is 1.57. The highest BCUT2D eigenvalue weighted by Crippen LogP contribution is 2.37. The molecule has 0 radical (unpaired) electrons. The molecule has 8 heteroatoms. The van der Waals surface area contributed by atoms with Gasteiger partial charge in [-0.15, -0.1) is 16.4 Å². The Morgan fingerprint density at radius 1 is 1.32 bits per heavy atom. The highest BCUT2D eigenvalue weighted by molar-refractivity contribution is 7.13. The Kier molecular flexibility index (Phi) is 5.29. The summed E-state index contributed by atoms with van der Waals surface area (Å²) in [7, 11) is 0. The average molecular weight is 398 g/mol. The van der Waals surface area contributed by atoms with Gasteiger partial charge in [-0.05, 0) is 48.9 Å². The van der Waals surface area contributed by atoms with E-state index in [0.717, 1.165) is 29.1 Å². The molecule has 146 valence electrons. The fourth-order valence-corrected chi connectivity index (χ4v) is 3.71. The highest BCUT2D eigenvalue weighted by atomic mass is 32.1. The van der Waals surface area contributed by atoms with Gasteiger partial charge in [0.15, 0.2) is 12.4 Å². The molecule has 0 aliphatic heterocycles. The molecule has 2 heterocycles. The summed E-state index contributed by atoms with van der Waals surface area (Å²) in [6.45, 7) is 2.56. The molecule has 0 atom stereocenters. The van der Waals surface area contributed by atoms with Gasteiger partial charge in [0, 0.05) is 12.6 Å². The number of amides is 1. The lowest BCUT2D eigenvalue weighted by Gasteiger charge is -2.07. The second kappa shape index (κ2) is 8.02. The lowest BCUT2D eigenvalue weighted by Crippen LogP contribution is -2.34. The van der Waals surface area contributed by atoms with Crippen molar-refractivity contribution in [2.75, 3.05) is 13.2 Å². The summed E-state index contributed by atoms with van der Waals surface area (Å²) < 4.78 is 8.71. The molecule has 0 bridgehead atoms. The van der Waals surface area contributed by atoms with E-state index >= 15 is 0 Å². The van der Waals surface area contributed by atoms with Crippen molar-refractivity contribution < 1.29 is 9.53 Å². The van der Waals surface area contributed by atoms with Crippen molar-refractivity contribution >= 4 is 17.2 Å². The minimum absolute atomic E-state index is 0.0602. The molecule has 0 spiro atoms. The average Bonchev–Trinajstić information content (AvgIpc) is 3.25. The van der Waals surface area contributed by atoms with Crippen molar-refractivity contribution in [3.8, 4) is 16.5 Å². The Morgan fingerprint density at radius 3 is 2.89 bits per heavy atom. The maximum atomic E-state index is 12.7. The van der Waals surface area contributed by atoms with Crippen LogP contribution in [0.15, 0.2) is 46.6 Å². The summed E-state index contributed by atoms with van der Waals surface area (Å²) in [5, 5.41) is 9.27. The molecule has 1 aliphatic rings. The van der Waals surface area contributed by atoms with E-state index < -0.39 is 0 Å². The SMILES string of the molecule is Cc1cccc(OCC(=O)NCCn2nc(-c3cccs3)n(C3CC3)c2=O)c1. The molecule has 1 saturated carbocycles. The summed E-state index contributed by atoms with van der Waals surface area (Å²) in [6.07, 6.45) is 2.02. The Balaban J connectivity index is 1.34. The third kappa shape index (κ3) is 4.17. The molecule has 1 fully saturated rings. The predicted molar refractivity (Wildman–Crippen MR) is 108 cm³/mol. The monoisotopic (exact) mass is 398 g/mol. The van der Waals surface area contributed by atoms with Crippen molar-refractivity contribution in [1.82, 2.24) is 19.7 Å². The zero-order valence-corrected chi connectivity index (χ0v) is 16.4. The Bertz CT molecular complexity index is 1020. The van der Waals surface area contributed by atoms with Gasteiger partial charge in [0.25, 0.3) is 5.91 Å². The summed E-state index contributed by atoms with van der Waals surface area (Å²) in [4.78, 5) is 25.7. The Labute approximate surface area is 166 Å². The summed E-state index contributed by atoms with van der Waals surface area (Å²) in [5.74, 6) is 1.15. The second-order valence-corrected chi connectivity index (χ2v) is 7.81. The number of rotatable bonds is 8. The highest BCUT2D eigenvalue weighted by Gasteiger charge is 2.30. The number of hydrogen-bond acceptors (Lipinski definition) is 5. The van der Waals surface area contributed by atoms with Crippen molar-refractivity contribution in [3.05, 3.63) is 57.8 Å². The molecule has 1 aliphatic carbocycles. The third-order valence-electron chi connectivity index (χ3n) is 4.53. The number of carbonyl (C=O) groups excluding carboxylic acids is 1. The number of hydrogen-bond donors (Lipinski definition) is 1. The van der Waals surface area contributed by atoms with Gasteiger partial charge < -0.3 is 10.1 Å². The number of nitrogens with one attached hydrogen (secondary N) is 1. The molecule has 0 saturated heterocycles. The van der Waals surface area contributed by atoms with E-state index in [-0.39, 0.29) is 24.2 Å². The van der Waals surface area contributed by atoms with E-state index in [1.165, 1.54) is 4.68 Å². The quantitative estimate of drug-likeness (QED) is 0.633. The van der Waals surface area contributed by atoms with Crippen LogP contribution in [-0.4, -0.2) is 33.4 Å². The first kappa shape index (κ1) is 18.5. The van der Waals surface area contributed by atoms with E-state index in [4.69, 9.17) is 4.74 Å². The number of aryl methyl sites for hydroxylation is 1. The summed E-state index contributed by atoms with van der Waals surface area (Å²) in [5.41, 5.74) is 0.959. The molecule has 1 N–H and O–H groups in total. The van der Waals surface area contributed by atoms with Gasteiger partial charge >= 0.3 is 5.69 Å². The molecule has 0 unspecified atom stereocenters. The Hall–Kier alpha value is -2.87. The van der Waals surface area contributed by atoms with Crippen molar-refractivity contribution in [2.24, 2.45) is 0 Å². The minimum Gasteiger partial charge on any atom is -0.484 e. The zero-order chi connectivity index (χ0) is 19.5. The maximum absolute atomic E-state index is 12.7. The molecule has 7 nitrogen and oxygen atoms in total. The molecule has 4 rings (SSSR count). The van der Waals surface area contributed by atoms with Gasteiger partial charge in [0.2, 0.25) is 0 Å². The molecule has 2 aromatic heterocycles. The third-order valence-corrected chi connectivity index (χ3v) is 5.40. The fourth-order valence-electron chi connectivity index (χ4n) is 3.01. The topological polar surface area (TPSA) is 78.2 Å². The van der Waals surface area contributed by atoms with Crippen LogP contribution in [0, 0.1) is 6.92 Å². The normalized spacial score (nSPS) is 13.5. The van der Waals surface area contributed by atoms with Crippen molar-refractivity contribution in [2.45, 2.75) is 32.4 Å². The van der Waals surface area contributed by atoms with Crippen molar-refractivity contribution in [1.29, 1.82) is 0 Å². The van der Waals surface area contributed by atoms with Crippen LogP contribution in [0.4, 0.5) is 0 Å². The predicted octanol–water partition coefficient (Wildman–Crippen LogP) is 2.61. The first-order valence-corrected chi connectivity index (χ1v) is 10.2. The van der Waals surface area contributed by atoms with Crippen LogP contribution in [0.5, 0.6) is 5.75 Å². The van der Waals surface area contributed by atoms with E-state index in [2.05, 4.69) is 10.4 Å². The summed E-state index contributed by atoms with van der Waals surface area (Å²) in [6, 6.07) is 11.7. The fraction of sp³-hybridized carbons (Fsp3) is 0.350. The molecular formula is C20H22N4O3S. The molecule has 1 amide bonds. The van der Waals surface area contributed by atoms with E-state index in [1.54, 1.807) is 15.9 Å². The smallest absolute Gasteiger partial charge is 0.346 e. The standard InChI is InChI=1S/C20H22N4O3S/c1-14-4-2-5-16(12-14)27-13-18(25)21-9-10-23-20(26)24(15-7-8-15)19(22-23)17-6-3-11-28-17/h2-6,11-12,15H,7-10,13H2,1H3,(H,21,25). The molecule has 1 aromatic carbocycles. The minimum atomic E-state index is -0.227. The Morgan fingerprint density at radius 2 is 2.18 bits per heavy atom. The van der Waals surface area contributed by atoms with Gasteiger partial charge in [0.1, 0.15) is 5.75 Å². The number of nitrogens with zero attached hydrogens (tertiary/aromatic N) is 3. The first-order chi connectivity index (χ1) is 13.6. The van der Waals surface area contributed by atoms with Crippen LogP contribution in [0.2, 0.25) is 0 Å². The van der Waals surface area contributed by atoms with Gasteiger partial charge in [-0.3, -0.25) is 9.36 Å². The van der Waals surface area contributed by atoms with Crippen LogP contribution in [0.25, 0.3) is 10.7 Å². The first-order valence-electron chi connectivity index (χ1n) is 9.31. The van der Waals surface area contributed by atoms with Crippen LogP contribution >= 0.6 is 11.3 Å². The zero-order valence-electron chi connectivity index (χ0n) is 15.6. The molecule has 28 heavy (non-hydrogen) atoms. The van der Waals surface area contributed by atoms with Crippen LogP contribution in [-0.2, 0) is 11.3 Å². The number of carbonyl (C=O) groups is 1. The van der Waals surface area contributed by atoms with Crippen molar-refractivity contribution in [3.63, 3.8) is 0 Å². The molecular weight excluding hydrogens is 376 g/mol.